The summed E-state index contributed by atoms with van der Waals surface area (Å²) in [5.41, 5.74) is 0. The van der Waals surface area contributed by atoms with E-state index in [9.17, 15) is 0 Å². The van der Waals surface area contributed by atoms with E-state index in [0.717, 1.165) is 19.4 Å². The van der Waals surface area contributed by atoms with Crippen LogP contribution in [0.5, 0.6) is 0 Å². The van der Waals surface area contributed by atoms with Crippen LogP contribution < -0.4 is 0 Å². The maximum atomic E-state index is 5.45. The molecule has 0 spiro atoms. The Hall–Kier alpha value is -0.760. The molecule has 1 unspecified atom stereocenters. The fraction of sp³-hybridized carbons (Fsp3) is 0.545. The minimum atomic E-state index is -0.176. The van der Waals surface area contributed by atoms with Gasteiger partial charge in [-0.05, 0) is 18.6 Å². The molecule has 0 amide bonds. The standard InChI is InChI=1S/C11H17O2/c1-2-3-4-6-9-12-11-8-5-7-10-13-11/h5,7-8,10-11H,1-4,6,9H2. The van der Waals surface area contributed by atoms with Gasteiger partial charge in [0.25, 0.3) is 0 Å². The minimum absolute atomic E-state index is 0.176. The maximum absolute atomic E-state index is 5.45. The van der Waals surface area contributed by atoms with E-state index < -0.39 is 0 Å². The Balaban J connectivity index is 1.93. The predicted octanol–water partition coefficient (Wildman–Crippen LogP) is 2.82. The van der Waals surface area contributed by atoms with Crippen LogP contribution in [0.15, 0.2) is 24.5 Å². The van der Waals surface area contributed by atoms with E-state index >= 15 is 0 Å². The molecule has 0 N–H and O–H groups in total. The fourth-order valence-electron chi connectivity index (χ4n) is 1.12. The number of ether oxygens (including phenoxy) is 2. The molecule has 0 aromatic rings. The monoisotopic (exact) mass is 181 g/mol. The first kappa shape index (κ1) is 10.3. The lowest BCUT2D eigenvalue weighted by molar-refractivity contribution is -0.0749. The molecular formula is C11H17O2. The van der Waals surface area contributed by atoms with Gasteiger partial charge in [0.15, 0.2) is 0 Å². The average Bonchev–Trinajstić information content (AvgIpc) is 2.19. The van der Waals surface area contributed by atoms with Crippen LogP contribution in [0.3, 0.4) is 0 Å². The van der Waals surface area contributed by atoms with Gasteiger partial charge in [-0.25, -0.2) is 0 Å². The van der Waals surface area contributed by atoms with Crippen LogP contribution >= 0.6 is 0 Å². The Bertz CT molecular complexity index is 173. The highest BCUT2D eigenvalue weighted by molar-refractivity contribution is 5.05. The minimum Gasteiger partial charge on any atom is -0.469 e. The predicted molar refractivity (Wildman–Crippen MR) is 52.9 cm³/mol. The molecule has 0 aromatic heterocycles. The highest BCUT2D eigenvalue weighted by Gasteiger charge is 2.04. The van der Waals surface area contributed by atoms with Crippen LogP contribution in [-0.2, 0) is 9.47 Å². The molecule has 1 atom stereocenters. The van der Waals surface area contributed by atoms with Crippen molar-refractivity contribution in [3.8, 4) is 0 Å². The maximum Gasteiger partial charge on any atom is 0.219 e. The summed E-state index contributed by atoms with van der Waals surface area (Å²) < 4.78 is 10.6. The van der Waals surface area contributed by atoms with Crippen LogP contribution in [0, 0.1) is 6.92 Å². The first-order valence-corrected chi connectivity index (χ1v) is 4.83. The van der Waals surface area contributed by atoms with Gasteiger partial charge < -0.3 is 9.47 Å². The molecule has 0 saturated carbocycles. The van der Waals surface area contributed by atoms with Gasteiger partial charge in [0.2, 0.25) is 6.29 Å². The number of rotatable bonds is 6. The van der Waals surface area contributed by atoms with Crippen molar-refractivity contribution in [3.05, 3.63) is 31.4 Å². The van der Waals surface area contributed by atoms with E-state index in [1.807, 2.05) is 18.2 Å². The van der Waals surface area contributed by atoms with Crippen molar-refractivity contribution < 1.29 is 9.47 Å². The number of allylic oxidation sites excluding steroid dienone is 2. The van der Waals surface area contributed by atoms with Crippen molar-refractivity contribution in [2.75, 3.05) is 6.61 Å². The van der Waals surface area contributed by atoms with E-state index in [1.54, 1.807) is 6.26 Å². The molecule has 1 aliphatic heterocycles. The lowest BCUT2D eigenvalue weighted by atomic mass is 10.2. The van der Waals surface area contributed by atoms with Crippen molar-refractivity contribution in [3.63, 3.8) is 0 Å². The Morgan fingerprint density at radius 3 is 2.85 bits per heavy atom. The Kier molecular flexibility index (Phi) is 5.34. The molecule has 0 saturated heterocycles. The molecule has 13 heavy (non-hydrogen) atoms. The van der Waals surface area contributed by atoms with Gasteiger partial charge >= 0.3 is 0 Å². The summed E-state index contributed by atoms with van der Waals surface area (Å²) in [5, 5.41) is 0. The number of hydrogen-bond acceptors (Lipinski definition) is 2. The van der Waals surface area contributed by atoms with Gasteiger partial charge in [-0.3, -0.25) is 0 Å². The van der Waals surface area contributed by atoms with E-state index in [0.29, 0.717) is 0 Å². The second kappa shape index (κ2) is 6.72. The molecule has 0 aliphatic carbocycles. The third-order valence-corrected chi connectivity index (χ3v) is 1.85. The smallest absolute Gasteiger partial charge is 0.219 e. The Labute approximate surface area is 80.2 Å². The normalized spacial score (nSPS) is 20.2. The van der Waals surface area contributed by atoms with Gasteiger partial charge in [0, 0.05) is 0 Å². The summed E-state index contributed by atoms with van der Waals surface area (Å²) in [6.45, 7) is 4.55. The highest BCUT2D eigenvalue weighted by atomic mass is 16.7. The van der Waals surface area contributed by atoms with Crippen LogP contribution in [0.1, 0.15) is 25.7 Å². The quantitative estimate of drug-likeness (QED) is 0.587. The molecule has 1 radical (unpaired) electrons. The fourth-order valence-corrected chi connectivity index (χ4v) is 1.12. The van der Waals surface area contributed by atoms with Crippen LogP contribution in [-0.4, -0.2) is 12.9 Å². The molecule has 1 rings (SSSR count). The van der Waals surface area contributed by atoms with Crippen molar-refractivity contribution in [1.82, 2.24) is 0 Å². The molecule has 1 heterocycles. The summed E-state index contributed by atoms with van der Waals surface area (Å²) >= 11 is 0. The van der Waals surface area contributed by atoms with Crippen LogP contribution in [0.25, 0.3) is 0 Å². The van der Waals surface area contributed by atoms with Gasteiger partial charge in [-0.15, -0.1) is 0 Å². The van der Waals surface area contributed by atoms with Crippen molar-refractivity contribution in [2.24, 2.45) is 0 Å². The molecule has 2 nitrogen and oxygen atoms in total. The SMILES string of the molecule is [CH2]CCCCCOC1C=CC=CO1. The zero-order valence-electron chi connectivity index (χ0n) is 7.95. The van der Waals surface area contributed by atoms with Gasteiger partial charge in [-0.1, -0.05) is 32.3 Å². The van der Waals surface area contributed by atoms with Gasteiger partial charge in [0.1, 0.15) is 0 Å². The molecule has 1 aliphatic rings. The van der Waals surface area contributed by atoms with E-state index in [-0.39, 0.29) is 6.29 Å². The first-order valence-electron chi connectivity index (χ1n) is 4.83. The lowest BCUT2D eigenvalue weighted by Gasteiger charge is -2.15. The Morgan fingerprint density at radius 2 is 2.15 bits per heavy atom. The topological polar surface area (TPSA) is 18.5 Å². The molecule has 0 fully saturated rings. The van der Waals surface area contributed by atoms with Crippen molar-refractivity contribution in [1.29, 1.82) is 0 Å². The molecule has 2 heteroatoms. The lowest BCUT2D eigenvalue weighted by Crippen LogP contribution is -2.13. The highest BCUT2D eigenvalue weighted by Crippen LogP contribution is 2.06. The van der Waals surface area contributed by atoms with E-state index in [2.05, 4.69) is 6.92 Å². The van der Waals surface area contributed by atoms with Gasteiger partial charge in [0.05, 0.1) is 12.9 Å². The first-order chi connectivity index (χ1) is 6.43. The van der Waals surface area contributed by atoms with Crippen LogP contribution in [0.2, 0.25) is 0 Å². The molecular weight excluding hydrogens is 164 g/mol. The molecule has 73 valence electrons. The summed E-state index contributed by atoms with van der Waals surface area (Å²) in [6.07, 6.45) is 11.6. The third-order valence-electron chi connectivity index (χ3n) is 1.85. The van der Waals surface area contributed by atoms with Crippen LogP contribution in [0.4, 0.5) is 0 Å². The average molecular weight is 181 g/mol. The summed E-state index contributed by atoms with van der Waals surface area (Å²) in [4.78, 5) is 0. The van der Waals surface area contributed by atoms with Gasteiger partial charge in [-0.2, -0.15) is 0 Å². The largest absolute Gasteiger partial charge is 0.469 e. The molecule has 0 bridgehead atoms. The van der Waals surface area contributed by atoms with Crippen molar-refractivity contribution >= 4 is 0 Å². The zero-order valence-corrected chi connectivity index (χ0v) is 7.95. The molecule has 0 aromatic carbocycles. The summed E-state index contributed by atoms with van der Waals surface area (Å²) in [7, 11) is 0. The third kappa shape index (κ3) is 4.73. The van der Waals surface area contributed by atoms with Crippen molar-refractivity contribution in [2.45, 2.75) is 32.0 Å². The second-order valence-corrected chi connectivity index (χ2v) is 3.00. The van der Waals surface area contributed by atoms with E-state index in [4.69, 9.17) is 9.47 Å². The summed E-state index contributed by atoms with van der Waals surface area (Å²) in [5.74, 6) is 0. The second-order valence-electron chi connectivity index (χ2n) is 3.00. The summed E-state index contributed by atoms with van der Waals surface area (Å²) in [6, 6.07) is 0. The zero-order chi connectivity index (χ0) is 9.36. The number of hydrogen-bond donors (Lipinski definition) is 0. The Morgan fingerprint density at radius 1 is 1.23 bits per heavy atom. The van der Waals surface area contributed by atoms with E-state index in [1.165, 1.54) is 12.8 Å². The number of unbranched alkanes of at least 4 members (excludes halogenated alkanes) is 3.